The van der Waals surface area contributed by atoms with Crippen molar-refractivity contribution in [3.05, 3.63) is 141 Å². The predicted octanol–water partition coefficient (Wildman–Crippen LogP) is 7.17. The van der Waals surface area contributed by atoms with Crippen LogP contribution in [0.1, 0.15) is 135 Å². The van der Waals surface area contributed by atoms with Gasteiger partial charge in [0, 0.05) is 22.3 Å². The first-order valence-electron chi connectivity index (χ1n) is 19.6. The molecule has 2 aliphatic heterocycles. The maximum absolute atomic E-state index is 2.61. The molecular weight excluding hydrogens is 703 g/mol. The van der Waals surface area contributed by atoms with Gasteiger partial charge >= 0.3 is 0 Å². The molecule has 0 amide bonds. The summed E-state index contributed by atoms with van der Waals surface area (Å²) in [5, 5.41) is 0. The van der Waals surface area contributed by atoms with Crippen LogP contribution in [-0.4, -0.2) is 13.3 Å². The molecule has 0 aromatic heterocycles. The van der Waals surface area contributed by atoms with Crippen LogP contribution in [0.5, 0.6) is 0 Å². The highest BCUT2D eigenvalue weighted by Crippen LogP contribution is 2.53. The van der Waals surface area contributed by atoms with Gasteiger partial charge in [-0.05, 0) is 87.5 Å². The summed E-state index contributed by atoms with van der Waals surface area (Å²) < 4.78 is 1.26. The SMILES string of the molecule is Cc1cc(C)c(N2C=C[N+](c3c(C)cc(C)cc3C)([N+]3(c4c(C(C)C)cccc4C(C)C)C=CN(c4c(C(C)C)cccc4C(C)C)C3)C2)c(C)c1.[Cl-].[Cl-]. The van der Waals surface area contributed by atoms with Crippen LogP contribution in [0.4, 0.5) is 22.7 Å². The number of rotatable bonds is 9. The molecule has 0 N–H and O–H groups in total. The van der Waals surface area contributed by atoms with Crippen molar-refractivity contribution in [1.82, 2.24) is 9.18 Å². The Hall–Kier alpha value is -3.54. The van der Waals surface area contributed by atoms with Crippen molar-refractivity contribution in [1.29, 1.82) is 0 Å². The lowest BCUT2D eigenvalue weighted by Gasteiger charge is -2.48. The van der Waals surface area contributed by atoms with Crippen LogP contribution >= 0.6 is 0 Å². The fourth-order valence-electron chi connectivity index (χ4n) is 9.65. The summed E-state index contributed by atoms with van der Waals surface area (Å²) in [6.07, 6.45) is 9.94. The first-order chi connectivity index (χ1) is 24.5. The molecule has 0 aliphatic carbocycles. The molecule has 2 aliphatic rings. The highest BCUT2D eigenvalue weighted by molar-refractivity contribution is 5.74. The molecule has 4 aromatic rings. The number of hydrogen-bond acceptors (Lipinski definition) is 2. The van der Waals surface area contributed by atoms with Crippen LogP contribution in [-0.2, 0) is 0 Å². The number of para-hydroxylation sites is 2. The van der Waals surface area contributed by atoms with E-state index in [1.54, 1.807) is 0 Å². The first-order valence-corrected chi connectivity index (χ1v) is 19.6. The third-order valence-corrected chi connectivity index (χ3v) is 11.7. The van der Waals surface area contributed by atoms with Gasteiger partial charge in [-0.15, -0.1) is 0 Å². The van der Waals surface area contributed by atoms with Gasteiger partial charge in [0.15, 0.2) is 23.8 Å². The van der Waals surface area contributed by atoms with E-state index in [0.29, 0.717) is 32.9 Å². The summed E-state index contributed by atoms with van der Waals surface area (Å²) >= 11 is 0. The standard InChI is InChI=1S/C48H64N4.2ClH/c1-31(2)41-17-15-18-42(32(3)4)46(41)50-22-24-52(30-50,48-43(33(5)6)19-16-20-44(48)34(7)8)51(47-39(13)27-36(10)28-40(47)14)23-21-49(29-51)45-37(11)25-35(9)26-38(45)12;;/h15-28,31-34H,29-30H2,1-14H3;2*1H/q+2;;/p-2. The molecule has 2 unspecified atom stereocenters. The van der Waals surface area contributed by atoms with Crippen molar-refractivity contribution >= 4 is 22.7 Å². The van der Waals surface area contributed by atoms with E-state index in [1.165, 1.54) is 78.4 Å². The molecule has 4 aromatic carbocycles. The average molecular weight is 768 g/mol. The Labute approximate surface area is 340 Å². The maximum Gasteiger partial charge on any atom is 0.213 e. The van der Waals surface area contributed by atoms with Gasteiger partial charge in [-0.2, -0.15) is 0 Å². The third-order valence-electron chi connectivity index (χ3n) is 11.7. The normalized spacial score (nSPS) is 19.4. The van der Waals surface area contributed by atoms with E-state index < -0.39 is 0 Å². The molecule has 6 heteroatoms. The van der Waals surface area contributed by atoms with Crippen LogP contribution in [0, 0.1) is 41.5 Å². The summed E-state index contributed by atoms with van der Waals surface area (Å²) in [6, 6.07) is 23.6. The second kappa shape index (κ2) is 16.3. The van der Waals surface area contributed by atoms with Crippen molar-refractivity contribution in [3.8, 4) is 0 Å². The van der Waals surface area contributed by atoms with Crippen LogP contribution in [0.3, 0.4) is 0 Å². The Morgan fingerprint density at radius 1 is 0.444 bits per heavy atom. The van der Waals surface area contributed by atoms with E-state index in [2.05, 4.69) is 192 Å². The van der Waals surface area contributed by atoms with E-state index in [1.807, 2.05) is 0 Å². The lowest BCUT2D eigenvalue weighted by Crippen LogP contribution is -3.00. The molecule has 0 radical (unpaired) electrons. The Bertz CT molecular complexity index is 1960. The summed E-state index contributed by atoms with van der Waals surface area (Å²) in [7, 11) is 0. The number of aryl methyl sites for hydroxylation is 6. The molecular formula is C48H64Cl2N4. The van der Waals surface area contributed by atoms with Crippen molar-refractivity contribution < 1.29 is 24.8 Å². The topological polar surface area (TPSA) is 6.48 Å². The Morgan fingerprint density at radius 3 is 1.17 bits per heavy atom. The van der Waals surface area contributed by atoms with E-state index in [9.17, 15) is 0 Å². The molecule has 54 heavy (non-hydrogen) atoms. The van der Waals surface area contributed by atoms with Gasteiger partial charge in [0.05, 0.1) is 23.8 Å². The molecule has 0 saturated carbocycles. The minimum absolute atomic E-state index is 0. The van der Waals surface area contributed by atoms with E-state index in [4.69, 9.17) is 0 Å². The number of quaternary nitrogens is 2. The van der Waals surface area contributed by atoms with Gasteiger partial charge in [0.2, 0.25) is 13.3 Å². The van der Waals surface area contributed by atoms with Gasteiger partial charge in [0.1, 0.15) is 0 Å². The lowest BCUT2D eigenvalue weighted by atomic mass is 9.91. The highest BCUT2D eigenvalue weighted by atomic mass is 35.5. The summed E-state index contributed by atoms with van der Waals surface area (Å²) in [5.74, 6) is 1.51. The summed E-state index contributed by atoms with van der Waals surface area (Å²) in [4.78, 5) is 5.16. The second-order valence-electron chi connectivity index (χ2n) is 17.2. The van der Waals surface area contributed by atoms with Gasteiger partial charge in [-0.25, -0.2) is 0 Å². The number of nitrogens with zero attached hydrogens (tertiary/aromatic N) is 4. The fraction of sp³-hybridized carbons (Fsp3) is 0.417. The van der Waals surface area contributed by atoms with Crippen molar-refractivity contribution in [2.75, 3.05) is 23.1 Å². The number of benzene rings is 4. The van der Waals surface area contributed by atoms with Gasteiger partial charge in [0.25, 0.3) is 0 Å². The van der Waals surface area contributed by atoms with Crippen molar-refractivity contribution in [2.24, 2.45) is 0 Å². The van der Waals surface area contributed by atoms with Crippen LogP contribution in [0.15, 0.2) is 85.5 Å². The second-order valence-corrected chi connectivity index (χ2v) is 17.2. The van der Waals surface area contributed by atoms with Crippen LogP contribution in [0.25, 0.3) is 0 Å². The number of hydrogen-bond donors (Lipinski definition) is 0. The Morgan fingerprint density at radius 2 is 0.778 bits per heavy atom. The molecule has 2 heterocycles. The lowest BCUT2D eigenvalue weighted by molar-refractivity contribution is -0.001000. The quantitative estimate of drug-likeness (QED) is 0.167. The minimum Gasteiger partial charge on any atom is -1.00 e. The molecule has 2 atom stereocenters. The number of halogens is 2. The molecule has 0 bridgehead atoms. The number of anilines is 2. The van der Waals surface area contributed by atoms with Crippen molar-refractivity contribution in [3.63, 3.8) is 0 Å². The molecule has 0 spiro atoms. The molecule has 6 rings (SSSR count). The van der Waals surface area contributed by atoms with Gasteiger partial charge in [-0.1, -0.05) is 136 Å². The molecule has 290 valence electrons. The molecule has 0 fully saturated rings. The van der Waals surface area contributed by atoms with Crippen molar-refractivity contribution in [2.45, 2.75) is 121 Å². The maximum atomic E-state index is 2.61. The van der Waals surface area contributed by atoms with Gasteiger partial charge < -0.3 is 24.8 Å². The smallest absolute Gasteiger partial charge is 0.213 e. The van der Waals surface area contributed by atoms with Crippen LogP contribution in [0.2, 0.25) is 0 Å². The minimum atomic E-state index is 0. The summed E-state index contributed by atoms with van der Waals surface area (Å²) in [6.45, 7) is 34.1. The van der Waals surface area contributed by atoms with E-state index >= 15 is 0 Å². The fourth-order valence-corrected chi connectivity index (χ4v) is 9.65. The monoisotopic (exact) mass is 766 g/mol. The highest BCUT2D eigenvalue weighted by Gasteiger charge is 2.61. The zero-order chi connectivity index (χ0) is 37.9. The van der Waals surface area contributed by atoms with E-state index in [0.717, 1.165) is 13.3 Å². The average Bonchev–Trinajstić information content (AvgIpc) is 3.70. The molecule has 4 nitrogen and oxygen atoms in total. The first kappa shape index (κ1) is 43.2. The Balaban J connectivity index is 0.00000325. The Kier molecular flexibility index (Phi) is 13.0. The van der Waals surface area contributed by atoms with Gasteiger partial charge in [-0.3, -0.25) is 9.80 Å². The van der Waals surface area contributed by atoms with E-state index in [-0.39, 0.29) is 24.8 Å². The largest absolute Gasteiger partial charge is 1.00 e. The molecule has 0 saturated heterocycles. The summed E-state index contributed by atoms with van der Waals surface area (Å²) in [5.41, 5.74) is 19.1. The third kappa shape index (κ3) is 7.16. The zero-order valence-electron chi connectivity index (χ0n) is 35.4. The van der Waals surface area contributed by atoms with Crippen LogP contribution < -0.4 is 43.8 Å². The predicted molar refractivity (Wildman–Crippen MR) is 227 cm³/mol. The zero-order valence-corrected chi connectivity index (χ0v) is 36.9.